The van der Waals surface area contributed by atoms with Crippen molar-refractivity contribution in [2.75, 3.05) is 6.54 Å². The molecule has 0 bridgehead atoms. The summed E-state index contributed by atoms with van der Waals surface area (Å²) < 4.78 is 0. The Kier molecular flexibility index (Phi) is 3.36. The molecule has 0 radical (unpaired) electrons. The lowest BCUT2D eigenvalue weighted by Gasteiger charge is -2.41. The van der Waals surface area contributed by atoms with Crippen LogP contribution in [0.15, 0.2) is 0 Å². The van der Waals surface area contributed by atoms with Crippen molar-refractivity contribution in [1.29, 1.82) is 0 Å². The number of carboxylic acids is 1. The van der Waals surface area contributed by atoms with Gasteiger partial charge in [0.05, 0.1) is 10.8 Å². The molecule has 4 N–H and O–H groups in total. The second-order valence-corrected chi connectivity index (χ2v) is 5.98. The predicted molar refractivity (Wildman–Crippen MR) is 66.9 cm³/mol. The van der Waals surface area contributed by atoms with E-state index in [1.807, 2.05) is 0 Å². The molecular weight excluding hydrogens is 232 g/mol. The van der Waals surface area contributed by atoms with Crippen LogP contribution in [0.25, 0.3) is 0 Å². The third kappa shape index (κ3) is 1.90. The second-order valence-electron chi connectivity index (χ2n) is 5.98. The molecule has 0 aliphatic heterocycles. The summed E-state index contributed by atoms with van der Waals surface area (Å²) in [6.07, 6.45) is 4.91. The van der Waals surface area contributed by atoms with Crippen LogP contribution in [0.3, 0.4) is 0 Å². The maximum absolute atomic E-state index is 12.3. The van der Waals surface area contributed by atoms with E-state index in [-0.39, 0.29) is 11.9 Å². The van der Waals surface area contributed by atoms with Crippen LogP contribution >= 0.6 is 0 Å². The van der Waals surface area contributed by atoms with Gasteiger partial charge in [-0.25, -0.2) is 0 Å². The third-order valence-electron chi connectivity index (χ3n) is 4.93. The molecule has 2 aliphatic carbocycles. The molecule has 2 unspecified atom stereocenters. The Labute approximate surface area is 107 Å². The summed E-state index contributed by atoms with van der Waals surface area (Å²) in [5.41, 5.74) is 4.44. The van der Waals surface area contributed by atoms with E-state index in [0.29, 0.717) is 13.0 Å². The highest BCUT2D eigenvalue weighted by Crippen LogP contribution is 2.42. The van der Waals surface area contributed by atoms with Crippen LogP contribution in [-0.2, 0) is 9.59 Å². The van der Waals surface area contributed by atoms with Crippen molar-refractivity contribution in [3.8, 4) is 0 Å². The van der Waals surface area contributed by atoms with Crippen molar-refractivity contribution in [2.24, 2.45) is 16.6 Å². The standard InChI is InChI=1S/C13H22N2O3/c1-12(11(17)18)5-2-4-9(12)15-10(16)13(8-14)6-3-7-13/h9H,2-8,14H2,1H3,(H,15,16)(H,17,18). The number of carboxylic acid groups (broad SMARTS) is 1. The van der Waals surface area contributed by atoms with E-state index in [1.165, 1.54) is 0 Å². The smallest absolute Gasteiger partial charge is 0.311 e. The Bertz CT molecular complexity index is 360. The molecule has 2 atom stereocenters. The van der Waals surface area contributed by atoms with Crippen LogP contribution in [0.5, 0.6) is 0 Å². The summed E-state index contributed by atoms with van der Waals surface area (Å²) in [7, 11) is 0. The van der Waals surface area contributed by atoms with Gasteiger partial charge in [-0.05, 0) is 32.6 Å². The molecule has 2 saturated carbocycles. The predicted octanol–water partition coefficient (Wildman–Crippen LogP) is 0.875. The summed E-state index contributed by atoms with van der Waals surface area (Å²) in [5.74, 6) is -0.865. The summed E-state index contributed by atoms with van der Waals surface area (Å²) in [6, 6.07) is -0.258. The maximum Gasteiger partial charge on any atom is 0.311 e. The molecule has 0 aromatic rings. The van der Waals surface area contributed by atoms with Gasteiger partial charge in [-0.2, -0.15) is 0 Å². The van der Waals surface area contributed by atoms with Crippen molar-refractivity contribution in [2.45, 2.75) is 51.5 Å². The number of hydrogen-bond donors (Lipinski definition) is 3. The average Bonchev–Trinajstić information content (AvgIpc) is 2.61. The summed E-state index contributed by atoms with van der Waals surface area (Å²) in [5, 5.41) is 12.3. The van der Waals surface area contributed by atoms with E-state index in [0.717, 1.165) is 32.1 Å². The van der Waals surface area contributed by atoms with E-state index < -0.39 is 16.8 Å². The molecule has 5 nitrogen and oxygen atoms in total. The van der Waals surface area contributed by atoms with Crippen LogP contribution in [0.4, 0.5) is 0 Å². The van der Waals surface area contributed by atoms with E-state index in [2.05, 4.69) is 5.32 Å². The fourth-order valence-corrected chi connectivity index (χ4v) is 3.09. The number of carbonyl (C=O) groups excluding carboxylic acids is 1. The zero-order valence-corrected chi connectivity index (χ0v) is 10.9. The Morgan fingerprint density at radius 3 is 2.44 bits per heavy atom. The van der Waals surface area contributed by atoms with Gasteiger partial charge in [0.1, 0.15) is 0 Å². The van der Waals surface area contributed by atoms with Gasteiger partial charge in [0.15, 0.2) is 0 Å². The van der Waals surface area contributed by atoms with Crippen molar-refractivity contribution >= 4 is 11.9 Å². The van der Waals surface area contributed by atoms with Gasteiger partial charge in [0.25, 0.3) is 0 Å². The van der Waals surface area contributed by atoms with E-state index in [9.17, 15) is 14.7 Å². The third-order valence-corrected chi connectivity index (χ3v) is 4.93. The van der Waals surface area contributed by atoms with Crippen LogP contribution in [-0.4, -0.2) is 29.6 Å². The Balaban J connectivity index is 2.05. The first-order valence-corrected chi connectivity index (χ1v) is 6.69. The minimum Gasteiger partial charge on any atom is -0.481 e. The molecule has 0 saturated heterocycles. The summed E-state index contributed by atoms with van der Waals surface area (Å²) in [4.78, 5) is 23.6. The minimum absolute atomic E-state index is 0.0457. The molecule has 0 spiro atoms. The fourth-order valence-electron chi connectivity index (χ4n) is 3.09. The fraction of sp³-hybridized carbons (Fsp3) is 0.846. The first-order valence-electron chi connectivity index (χ1n) is 6.69. The van der Waals surface area contributed by atoms with E-state index in [4.69, 9.17) is 5.73 Å². The maximum atomic E-state index is 12.3. The lowest BCUT2D eigenvalue weighted by atomic mass is 9.68. The summed E-state index contributed by atoms with van der Waals surface area (Å²) in [6.45, 7) is 2.08. The first kappa shape index (κ1) is 13.3. The Morgan fingerprint density at radius 1 is 1.33 bits per heavy atom. The van der Waals surface area contributed by atoms with Gasteiger partial charge in [-0.1, -0.05) is 12.8 Å². The summed E-state index contributed by atoms with van der Waals surface area (Å²) >= 11 is 0. The molecule has 2 aliphatic rings. The lowest BCUT2D eigenvalue weighted by molar-refractivity contribution is -0.150. The second kappa shape index (κ2) is 4.53. The number of hydrogen-bond acceptors (Lipinski definition) is 3. The highest BCUT2D eigenvalue weighted by Gasteiger charge is 2.49. The van der Waals surface area contributed by atoms with Crippen LogP contribution in [0.1, 0.15) is 45.4 Å². The van der Waals surface area contributed by atoms with E-state index in [1.54, 1.807) is 6.92 Å². The molecule has 2 fully saturated rings. The lowest BCUT2D eigenvalue weighted by Crippen LogP contribution is -2.56. The SMILES string of the molecule is CC1(C(=O)O)CCCC1NC(=O)C1(CN)CCC1. The number of rotatable bonds is 4. The largest absolute Gasteiger partial charge is 0.481 e. The highest BCUT2D eigenvalue weighted by molar-refractivity contribution is 5.85. The van der Waals surface area contributed by atoms with Gasteiger partial charge in [-0.3, -0.25) is 9.59 Å². The number of nitrogens with one attached hydrogen (secondary N) is 1. The number of amides is 1. The molecule has 102 valence electrons. The molecule has 1 amide bonds. The quantitative estimate of drug-likeness (QED) is 0.694. The number of nitrogens with two attached hydrogens (primary N) is 1. The molecule has 0 aromatic heterocycles. The minimum atomic E-state index is -0.824. The topological polar surface area (TPSA) is 92.4 Å². The molecule has 2 rings (SSSR count). The highest BCUT2D eigenvalue weighted by atomic mass is 16.4. The molecule has 5 heteroatoms. The van der Waals surface area contributed by atoms with Crippen molar-refractivity contribution in [3.05, 3.63) is 0 Å². The number of carbonyl (C=O) groups is 2. The Morgan fingerprint density at radius 2 is 2.00 bits per heavy atom. The van der Waals surface area contributed by atoms with Crippen LogP contribution in [0.2, 0.25) is 0 Å². The van der Waals surface area contributed by atoms with Gasteiger partial charge >= 0.3 is 5.97 Å². The van der Waals surface area contributed by atoms with Gasteiger partial charge < -0.3 is 16.2 Å². The normalized spacial score (nSPS) is 33.8. The van der Waals surface area contributed by atoms with E-state index >= 15 is 0 Å². The average molecular weight is 254 g/mol. The van der Waals surface area contributed by atoms with Crippen molar-refractivity contribution < 1.29 is 14.7 Å². The molecule has 0 heterocycles. The molecule has 18 heavy (non-hydrogen) atoms. The van der Waals surface area contributed by atoms with Crippen LogP contribution in [0, 0.1) is 10.8 Å². The Hall–Kier alpha value is -1.10. The number of aliphatic carboxylic acids is 1. The van der Waals surface area contributed by atoms with Gasteiger partial charge in [0.2, 0.25) is 5.91 Å². The van der Waals surface area contributed by atoms with Gasteiger partial charge in [0, 0.05) is 12.6 Å². The molecular formula is C13H22N2O3. The van der Waals surface area contributed by atoms with Crippen molar-refractivity contribution in [3.63, 3.8) is 0 Å². The molecule has 0 aromatic carbocycles. The first-order chi connectivity index (χ1) is 8.44. The zero-order chi connectivity index (χ0) is 13.4. The van der Waals surface area contributed by atoms with Crippen LogP contribution < -0.4 is 11.1 Å². The zero-order valence-electron chi connectivity index (χ0n) is 10.9. The van der Waals surface area contributed by atoms with Crippen molar-refractivity contribution in [1.82, 2.24) is 5.32 Å². The monoisotopic (exact) mass is 254 g/mol. The van der Waals surface area contributed by atoms with Gasteiger partial charge in [-0.15, -0.1) is 0 Å².